The molecule has 0 atom stereocenters. The molecule has 186 valence electrons. The van der Waals surface area contributed by atoms with Gasteiger partial charge in [0.05, 0.1) is 11.1 Å². The SMILES string of the molecule is C=C/C=C\C=C\C(c1ccccc1)(c1ccccc1)n1nc(-c2ccnc(C)c2)c2cc(C(=O)O)ccc21. The van der Waals surface area contributed by atoms with Gasteiger partial charge in [0.2, 0.25) is 0 Å². The van der Waals surface area contributed by atoms with Crippen LogP contribution in [0.25, 0.3) is 22.2 Å². The number of pyridine rings is 1. The van der Waals surface area contributed by atoms with Crippen LogP contribution in [0.4, 0.5) is 0 Å². The molecule has 0 radical (unpaired) electrons. The molecule has 5 nitrogen and oxygen atoms in total. The van der Waals surface area contributed by atoms with Crippen LogP contribution in [-0.2, 0) is 5.54 Å². The summed E-state index contributed by atoms with van der Waals surface area (Å²) in [5.74, 6) is -0.983. The van der Waals surface area contributed by atoms with Crippen molar-refractivity contribution in [3.63, 3.8) is 0 Å². The molecule has 0 spiro atoms. The van der Waals surface area contributed by atoms with Crippen LogP contribution in [0, 0.1) is 6.92 Å². The second-order valence-electron chi connectivity index (χ2n) is 8.96. The van der Waals surface area contributed by atoms with E-state index in [1.54, 1.807) is 24.4 Å². The Balaban J connectivity index is 1.93. The first-order chi connectivity index (χ1) is 18.5. The second-order valence-corrected chi connectivity index (χ2v) is 8.96. The Kier molecular flexibility index (Phi) is 6.83. The molecule has 1 N–H and O–H groups in total. The normalized spacial score (nSPS) is 11.9. The lowest BCUT2D eigenvalue weighted by Crippen LogP contribution is -2.35. The van der Waals surface area contributed by atoms with Gasteiger partial charge in [0.1, 0.15) is 11.2 Å². The standard InChI is InChI=1S/C33H27N3O2/c1-3-4-5-12-20-33(27-13-8-6-9-14-27,28-15-10-7-11-16-28)36-30-18-17-26(32(37)38)23-29(30)31(35-36)25-19-21-34-24(2)22-25/h3-23H,1H2,2H3,(H,37,38)/b5-4-,20-12+. The van der Waals surface area contributed by atoms with Gasteiger partial charge in [-0.2, -0.15) is 5.10 Å². The maximum atomic E-state index is 11.9. The predicted molar refractivity (Wildman–Crippen MR) is 152 cm³/mol. The van der Waals surface area contributed by atoms with Gasteiger partial charge in [-0.15, -0.1) is 0 Å². The molecule has 0 fully saturated rings. The van der Waals surface area contributed by atoms with Gasteiger partial charge in [0.15, 0.2) is 0 Å². The Labute approximate surface area is 221 Å². The average molecular weight is 498 g/mol. The monoisotopic (exact) mass is 497 g/mol. The van der Waals surface area contributed by atoms with Crippen LogP contribution in [-0.4, -0.2) is 25.8 Å². The number of benzene rings is 3. The van der Waals surface area contributed by atoms with Crippen molar-refractivity contribution in [1.29, 1.82) is 0 Å². The molecule has 0 amide bonds. The van der Waals surface area contributed by atoms with Crippen LogP contribution < -0.4 is 0 Å². The van der Waals surface area contributed by atoms with Crippen molar-refractivity contribution >= 4 is 16.9 Å². The first kappa shape index (κ1) is 24.7. The summed E-state index contributed by atoms with van der Waals surface area (Å²) in [4.78, 5) is 16.3. The zero-order valence-electron chi connectivity index (χ0n) is 21.0. The third-order valence-electron chi connectivity index (χ3n) is 6.55. The van der Waals surface area contributed by atoms with Crippen molar-refractivity contribution in [1.82, 2.24) is 14.8 Å². The first-order valence-corrected chi connectivity index (χ1v) is 12.3. The molecule has 2 aromatic heterocycles. The average Bonchev–Trinajstić information content (AvgIpc) is 3.33. The lowest BCUT2D eigenvalue weighted by atomic mass is 9.82. The summed E-state index contributed by atoms with van der Waals surface area (Å²) in [6, 6.07) is 29.4. The summed E-state index contributed by atoms with van der Waals surface area (Å²) in [7, 11) is 0. The molecular formula is C33H27N3O2. The van der Waals surface area contributed by atoms with Gasteiger partial charge in [0, 0.05) is 22.8 Å². The topological polar surface area (TPSA) is 68.0 Å². The summed E-state index contributed by atoms with van der Waals surface area (Å²) in [5, 5.41) is 15.8. The van der Waals surface area contributed by atoms with E-state index in [-0.39, 0.29) is 5.56 Å². The third kappa shape index (κ3) is 4.46. The van der Waals surface area contributed by atoms with Gasteiger partial charge in [-0.1, -0.05) is 91.5 Å². The summed E-state index contributed by atoms with van der Waals surface area (Å²) in [5.41, 5.74) is 4.62. The molecule has 5 aromatic rings. The van der Waals surface area contributed by atoms with Crippen LogP contribution in [0.1, 0.15) is 27.2 Å². The number of aromatic carboxylic acids is 1. The molecular weight excluding hydrogens is 470 g/mol. The van der Waals surface area contributed by atoms with E-state index in [4.69, 9.17) is 5.10 Å². The molecule has 2 heterocycles. The zero-order valence-corrected chi connectivity index (χ0v) is 21.0. The van der Waals surface area contributed by atoms with Gasteiger partial charge >= 0.3 is 5.97 Å². The van der Waals surface area contributed by atoms with Crippen LogP contribution in [0.15, 0.2) is 134 Å². The fourth-order valence-corrected chi connectivity index (χ4v) is 4.82. The van der Waals surface area contributed by atoms with Crippen molar-refractivity contribution in [3.8, 4) is 11.3 Å². The smallest absolute Gasteiger partial charge is 0.335 e. The van der Waals surface area contributed by atoms with Crippen molar-refractivity contribution in [2.45, 2.75) is 12.5 Å². The maximum Gasteiger partial charge on any atom is 0.335 e. The van der Waals surface area contributed by atoms with E-state index in [1.165, 1.54) is 0 Å². The number of carboxylic acid groups (broad SMARTS) is 1. The molecule has 0 bridgehead atoms. The minimum absolute atomic E-state index is 0.207. The highest BCUT2D eigenvalue weighted by atomic mass is 16.4. The number of rotatable bonds is 8. The highest BCUT2D eigenvalue weighted by Gasteiger charge is 2.37. The third-order valence-corrected chi connectivity index (χ3v) is 6.55. The number of aryl methyl sites for hydroxylation is 1. The van der Waals surface area contributed by atoms with E-state index in [2.05, 4.69) is 41.9 Å². The zero-order chi connectivity index (χ0) is 26.5. The maximum absolute atomic E-state index is 11.9. The van der Waals surface area contributed by atoms with E-state index in [0.29, 0.717) is 5.69 Å². The molecule has 0 aliphatic rings. The minimum Gasteiger partial charge on any atom is -0.478 e. The Morgan fingerprint density at radius 1 is 0.895 bits per heavy atom. The van der Waals surface area contributed by atoms with Gasteiger partial charge in [-0.3, -0.25) is 4.98 Å². The van der Waals surface area contributed by atoms with Crippen LogP contribution in [0.2, 0.25) is 0 Å². The lowest BCUT2D eigenvalue weighted by Gasteiger charge is -2.33. The van der Waals surface area contributed by atoms with Gasteiger partial charge in [-0.05, 0) is 54.5 Å². The number of hydrogen-bond acceptors (Lipinski definition) is 3. The Hall–Kier alpha value is -5.03. The fraction of sp³-hybridized carbons (Fsp3) is 0.0606. The van der Waals surface area contributed by atoms with E-state index in [1.807, 2.05) is 84.4 Å². The van der Waals surface area contributed by atoms with Crippen molar-refractivity contribution in [3.05, 3.63) is 157 Å². The van der Waals surface area contributed by atoms with Crippen molar-refractivity contribution < 1.29 is 9.90 Å². The van der Waals surface area contributed by atoms with Gasteiger partial charge in [-0.25, -0.2) is 9.48 Å². The molecule has 0 aliphatic carbocycles. The van der Waals surface area contributed by atoms with Gasteiger partial charge in [0.25, 0.3) is 0 Å². The number of nitrogens with zero attached hydrogens (tertiary/aromatic N) is 3. The second kappa shape index (κ2) is 10.5. The number of fused-ring (bicyclic) bond motifs is 1. The molecule has 0 unspecified atom stereocenters. The Morgan fingerprint density at radius 3 is 2.18 bits per heavy atom. The number of aromatic nitrogens is 3. The molecule has 0 saturated carbocycles. The molecule has 5 rings (SSSR count). The molecule has 0 saturated heterocycles. The summed E-state index contributed by atoms with van der Waals surface area (Å²) in [6.07, 6.45) is 11.4. The van der Waals surface area contributed by atoms with Crippen LogP contribution in [0.5, 0.6) is 0 Å². The number of carboxylic acids is 1. The van der Waals surface area contributed by atoms with Crippen LogP contribution in [0.3, 0.4) is 0 Å². The number of allylic oxidation sites excluding steroid dienone is 5. The minimum atomic E-state index is -0.983. The molecule has 3 aromatic carbocycles. The first-order valence-electron chi connectivity index (χ1n) is 12.3. The highest BCUT2D eigenvalue weighted by molar-refractivity contribution is 5.99. The fourth-order valence-electron chi connectivity index (χ4n) is 4.82. The summed E-state index contributed by atoms with van der Waals surface area (Å²) >= 11 is 0. The van der Waals surface area contributed by atoms with E-state index < -0.39 is 11.5 Å². The number of carbonyl (C=O) groups is 1. The Bertz CT molecular complexity index is 1630. The van der Waals surface area contributed by atoms with E-state index in [9.17, 15) is 9.90 Å². The molecule has 0 aliphatic heterocycles. The summed E-state index contributed by atoms with van der Waals surface area (Å²) in [6.45, 7) is 5.71. The predicted octanol–water partition coefficient (Wildman–Crippen LogP) is 7.20. The quantitative estimate of drug-likeness (QED) is 0.230. The van der Waals surface area contributed by atoms with Gasteiger partial charge < -0.3 is 5.11 Å². The molecule has 38 heavy (non-hydrogen) atoms. The van der Waals surface area contributed by atoms with E-state index in [0.717, 1.165) is 33.3 Å². The lowest BCUT2D eigenvalue weighted by molar-refractivity contribution is 0.0697. The highest BCUT2D eigenvalue weighted by Crippen LogP contribution is 2.40. The summed E-state index contributed by atoms with van der Waals surface area (Å²) < 4.78 is 2.00. The number of hydrogen-bond donors (Lipinski definition) is 1. The van der Waals surface area contributed by atoms with Crippen molar-refractivity contribution in [2.75, 3.05) is 0 Å². The van der Waals surface area contributed by atoms with Crippen LogP contribution >= 0.6 is 0 Å². The van der Waals surface area contributed by atoms with Crippen molar-refractivity contribution in [2.24, 2.45) is 0 Å². The van der Waals surface area contributed by atoms with E-state index >= 15 is 0 Å². The largest absolute Gasteiger partial charge is 0.478 e. The Morgan fingerprint density at radius 2 is 1.58 bits per heavy atom. The molecule has 5 heteroatoms.